The van der Waals surface area contributed by atoms with E-state index in [1.807, 2.05) is 12.1 Å². The van der Waals surface area contributed by atoms with Gasteiger partial charge in [-0.1, -0.05) is 29.3 Å². The van der Waals surface area contributed by atoms with Crippen molar-refractivity contribution >= 4 is 46.3 Å². The van der Waals surface area contributed by atoms with E-state index in [1.165, 1.54) is 0 Å². The second kappa shape index (κ2) is 7.75. The predicted molar refractivity (Wildman–Crippen MR) is 98.6 cm³/mol. The fourth-order valence-corrected chi connectivity index (χ4v) is 2.90. The van der Waals surface area contributed by atoms with Gasteiger partial charge in [-0.15, -0.1) is 0 Å². The van der Waals surface area contributed by atoms with E-state index in [1.54, 1.807) is 30.3 Å². The lowest BCUT2D eigenvalue weighted by Crippen LogP contribution is -2.37. The van der Waals surface area contributed by atoms with Gasteiger partial charge in [-0.2, -0.15) is 0 Å². The molecule has 126 valence electrons. The highest BCUT2D eigenvalue weighted by atomic mass is 35.5. The van der Waals surface area contributed by atoms with Crippen LogP contribution in [-0.2, 0) is 4.74 Å². The Kier molecular flexibility index (Phi) is 5.45. The molecule has 1 aliphatic heterocycles. The number of morpholine rings is 1. The smallest absolute Gasteiger partial charge is 0.323 e. The van der Waals surface area contributed by atoms with E-state index in [9.17, 15) is 4.79 Å². The van der Waals surface area contributed by atoms with Crippen LogP contribution in [0.5, 0.6) is 0 Å². The number of anilines is 3. The summed E-state index contributed by atoms with van der Waals surface area (Å²) in [5, 5.41) is 6.74. The van der Waals surface area contributed by atoms with Crippen LogP contribution < -0.4 is 15.5 Å². The average Bonchev–Trinajstić information content (AvgIpc) is 2.55. The molecule has 0 atom stereocenters. The van der Waals surface area contributed by atoms with Crippen molar-refractivity contribution < 1.29 is 9.53 Å². The summed E-state index contributed by atoms with van der Waals surface area (Å²) in [4.78, 5) is 14.4. The van der Waals surface area contributed by atoms with Crippen LogP contribution in [0.25, 0.3) is 0 Å². The predicted octanol–water partition coefficient (Wildman–Crippen LogP) is 4.47. The zero-order valence-electron chi connectivity index (χ0n) is 12.9. The Bertz CT molecular complexity index is 734. The number of nitrogens with zero attached hydrogens (tertiary/aromatic N) is 1. The molecule has 0 aliphatic carbocycles. The Balaban J connectivity index is 1.75. The van der Waals surface area contributed by atoms with Gasteiger partial charge in [0.1, 0.15) is 0 Å². The molecule has 5 nitrogen and oxygen atoms in total. The van der Waals surface area contributed by atoms with E-state index in [4.69, 9.17) is 27.9 Å². The van der Waals surface area contributed by atoms with Gasteiger partial charge in [0, 0.05) is 28.8 Å². The Hall–Kier alpha value is -1.95. The van der Waals surface area contributed by atoms with E-state index >= 15 is 0 Å². The molecule has 1 saturated heterocycles. The van der Waals surface area contributed by atoms with Crippen molar-refractivity contribution in [1.29, 1.82) is 0 Å². The summed E-state index contributed by atoms with van der Waals surface area (Å²) < 4.78 is 5.38. The van der Waals surface area contributed by atoms with Gasteiger partial charge in [0.15, 0.2) is 0 Å². The molecule has 2 aromatic carbocycles. The summed E-state index contributed by atoms with van der Waals surface area (Å²) in [5.41, 5.74) is 2.20. The molecule has 0 aromatic heterocycles. The molecular weight excluding hydrogens is 349 g/mol. The Morgan fingerprint density at radius 1 is 1.00 bits per heavy atom. The van der Waals surface area contributed by atoms with Crippen LogP contribution in [0.2, 0.25) is 10.0 Å². The largest absolute Gasteiger partial charge is 0.378 e. The lowest BCUT2D eigenvalue weighted by molar-refractivity contribution is 0.123. The standard InChI is InChI=1S/C17H17Cl2N3O2/c18-12-2-1-3-14(10-12)20-17(23)21-15-11-13(19)4-5-16(15)22-6-8-24-9-7-22/h1-5,10-11H,6-9H2,(H2,20,21,23). The first-order chi connectivity index (χ1) is 11.6. The minimum Gasteiger partial charge on any atom is -0.378 e. The zero-order valence-corrected chi connectivity index (χ0v) is 14.4. The van der Waals surface area contributed by atoms with Crippen LogP contribution in [0.15, 0.2) is 42.5 Å². The molecule has 0 saturated carbocycles. The summed E-state index contributed by atoms with van der Waals surface area (Å²) in [6, 6.07) is 12.1. The van der Waals surface area contributed by atoms with Crippen molar-refractivity contribution in [2.45, 2.75) is 0 Å². The van der Waals surface area contributed by atoms with Crippen LogP contribution in [0.3, 0.4) is 0 Å². The third-order valence-electron chi connectivity index (χ3n) is 3.64. The number of benzene rings is 2. The van der Waals surface area contributed by atoms with Gasteiger partial charge in [0.25, 0.3) is 0 Å². The van der Waals surface area contributed by atoms with E-state index in [-0.39, 0.29) is 6.03 Å². The summed E-state index contributed by atoms with van der Waals surface area (Å²) >= 11 is 12.0. The first kappa shape index (κ1) is 16.9. The summed E-state index contributed by atoms with van der Waals surface area (Å²) in [7, 11) is 0. The highest BCUT2D eigenvalue weighted by Gasteiger charge is 2.16. The number of nitrogens with one attached hydrogen (secondary N) is 2. The van der Waals surface area contributed by atoms with Crippen LogP contribution >= 0.6 is 23.2 Å². The molecular formula is C17H17Cl2N3O2. The first-order valence-corrected chi connectivity index (χ1v) is 8.33. The maximum absolute atomic E-state index is 12.3. The minimum absolute atomic E-state index is 0.353. The second-order valence-corrected chi connectivity index (χ2v) is 6.22. The molecule has 1 aliphatic rings. The fraction of sp³-hybridized carbons (Fsp3) is 0.235. The van der Waals surface area contributed by atoms with Crippen molar-refractivity contribution in [3.63, 3.8) is 0 Å². The Morgan fingerprint density at radius 3 is 2.50 bits per heavy atom. The van der Waals surface area contributed by atoms with Crippen molar-refractivity contribution in [2.24, 2.45) is 0 Å². The minimum atomic E-state index is -0.353. The molecule has 0 bridgehead atoms. The normalized spacial score (nSPS) is 14.3. The summed E-state index contributed by atoms with van der Waals surface area (Å²) in [5.74, 6) is 0. The molecule has 2 N–H and O–H groups in total. The molecule has 3 rings (SSSR count). The average molecular weight is 366 g/mol. The molecule has 7 heteroatoms. The van der Waals surface area contributed by atoms with Crippen molar-refractivity contribution in [3.8, 4) is 0 Å². The molecule has 24 heavy (non-hydrogen) atoms. The van der Waals surface area contributed by atoms with Gasteiger partial charge in [-0.25, -0.2) is 4.79 Å². The lowest BCUT2D eigenvalue weighted by atomic mass is 10.2. The van der Waals surface area contributed by atoms with E-state index in [0.29, 0.717) is 34.6 Å². The van der Waals surface area contributed by atoms with Crippen LogP contribution in [0, 0.1) is 0 Å². The van der Waals surface area contributed by atoms with Gasteiger partial charge in [-0.05, 0) is 36.4 Å². The van der Waals surface area contributed by atoms with E-state index in [2.05, 4.69) is 15.5 Å². The third kappa shape index (κ3) is 4.32. The molecule has 1 fully saturated rings. The number of halogens is 2. The molecule has 0 unspecified atom stereocenters. The molecule has 0 radical (unpaired) electrons. The zero-order chi connectivity index (χ0) is 16.9. The molecule has 2 amide bonds. The fourth-order valence-electron chi connectivity index (χ4n) is 2.54. The number of rotatable bonds is 3. The third-order valence-corrected chi connectivity index (χ3v) is 4.11. The van der Waals surface area contributed by atoms with E-state index in [0.717, 1.165) is 18.8 Å². The van der Waals surface area contributed by atoms with Gasteiger partial charge in [-0.3, -0.25) is 0 Å². The SMILES string of the molecule is O=C(Nc1cccc(Cl)c1)Nc1cc(Cl)ccc1N1CCOCC1. The number of hydrogen-bond donors (Lipinski definition) is 2. The van der Waals surface area contributed by atoms with E-state index < -0.39 is 0 Å². The van der Waals surface area contributed by atoms with Crippen molar-refractivity contribution in [3.05, 3.63) is 52.5 Å². The van der Waals surface area contributed by atoms with Crippen LogP contribution in [0.4, 0.5) is 21.9 Å². The Labute approximate surface area is 150 Å². The van der Waals surface area contributed by atoms with Crippen molar-refractivity contribution in [2.75, 3.05) is 41.8 Å². The van der Waals surface area contributed by atoms with Gasteiger partial charge >= 0.3 is 6.03 Å². The van der Waals surface area contributed by atoms with Crippen molar-refractivity contribution in [1.82, 2.24) is 0 Å². The van der Waals surface area contributed by atoms with Crippen LogP contribution in [0.1, 0.15) is 0 Å². The molecule has 2 aromatic rings. The second-order valence-electron chi connectivity index (χ2n) is 5.35. The number of amides is 2. The molecule has 0 spiro atoms. The van der Waals surface area contributed by atoms with Gasteiger partial charge < -0.3 is 20.3 Å². The topological polar surface area (TPSA) is 53.6 Å². The van der Waals surface area contributed by atoms with Gasteiger partial charge in [0.05, 0.1) is 24.6 Å². The highest BCUT2D eigenvalue weighted by Crippen LogP contribution is 2.30. The lowest BCUT2D eigenvalue weighted by Gasteiger charge is -2.30. The number of carbonyl (C=O) groups is 1. The number of carbonyl (C=O) groups excluding carboxylic acids is 1. The van der Waals surface area contributed by atoms with Gasteiger partial charge in [0.2, 0.25) is 0 Å². The maximum atomic E-state index is 12.3. The monoisotopic (exact) mass is 365 g/mol. The Morgan fingerprint density at radius 2 is 1.75 bits per heavy atom. The quantitative estimate of drug-likeness (QED) is 0.843. The first-order valence-electron chi connectivity index (χ1n) is 7.57. The molecule has 1 heterocycles. The maximum Gasteiger partial charge on any atom is 0.323 e. The highest BCUT2D eigenvalue weighted by molar-refractivity contribution is 6.31. The summed E-state index contributed by atoms with van der Waals surface area (Å²) in [6.45, 7) is 2.87. The summed E-state index contributed by atoms with van der Waals surface area (Å²) in [6.07, 6.45) is 0. The number of ether oxygens (including phenoxy) is 1. The number of urea groups is 1. The van der Waals surface area contributed by atoms with Crippen LogP contribution in [-0.4, -0.2) is 32.3 Å². The number of hydrogen-bond acceptors (Lipinski definition) is 3.